The van der Waals surface area contributed by atoms with Gasteiger partial charge in [0.2, 0.25) is 0 Å². The van der Waals surface area contributed by atoms with E-state index in [9.17, 15) is 9.18 Å². The zero-order chi connectivity index (χ0) is 8.27. The lowest BCUT2D eigenvalue weighted by atomic mass is 10.1. The van der Waals surface area contributed by atoms with Crippen LogP contribution in [0.2, 0.25) is 0 Å². The fourth-order valence-electron chi connectivity index (χ4n) is 0.746. The molecule has 0 bridgehead atoms. The van der Waals surface area contributed by atoms with Crippen molar-refractivity contribution in [3.05, 3.63) is 35.1 Å². The summed E-state index contributed by atoms with van der Waals surface area (Å²) in [4.78, 5) is 10.2. The topological polar surface area (TPSA) is 40.9 Å². The first-order valence-corrected chi connectivity index (χ1v) is 3.03. The minimum absolute atomic E-state index is 0. The van der Waals surface area contributed by atoms with E-state index in [0.29, 0.717) is 11.8 Å². The molecule has 0 saturated carbocycles. The zero-order valence-corrected chi connectivity index (χ0v) is 5.67. The predicted octanol–water partition coefficient (Wildman–Crippen LogP) is 2.27. The molecule has 0 amide bonds. The normalized spacial score (nSPS) is 8.42. The highest BCUT2D eigenvalue weighted by molar-refractivity contribution is 5.83. The van der Waals surface area contributed by atoms with Crippen LogP contribution in [0.25, 0.3) is 0 Å². The Balaban J connectivity index is 0.00000121. The monoisotopic (exact) mass is 167 g/mol. The van der Waals surface area contributed by atoms with Gasteiger partial charge in [0.25, 0.3) is 0 Å². The highest BCUT2D eigenvalue weighted by Crippen LogP contribution is 2.06. The minimum atomic E-state index is -0.481. The first-order chi connectivity index (χ1) is 5.27. The van der Waals surface area contributed by atoms with Crippen LogP contribution < -0.4 is 0 Å². The third-order valence-electron chi connectivity index (χ3n) is 1.31. The Kier molecular flexibility index (Phi) is 3.83. The van der Waals surface area contributed by atoms with Crippen LogP contribution >= 0.6 is 0 Å². The fourth-order valence-corrected chi connectivity index (χ4v) is 0.746. The molecule has 1 rings (SSSR count). The van der Waals surface area contributed by atoms with Gasteiger partial charge in [0.1, 0.15) is 12.1 Å². The number of benzene rings is 1. The quantitative estimate of drug-likeness (QED) is 0.532. The van der Waals surface area contributed by atoms with E-state index < -0.39 is 5.82 Å². The predicted molar refractivity (Wildman–Crippen MR) is 46.4 cm³/mol. The third-order valence-corrected chi connectivity index (χ3v) is 1.31. The number of aldehydes is 1. The van der Waals surface area contributed by atoms with Crippen LogP contribution in [0.5, 0.6) is 0 Å². The maximum Gasteiger partial charge on any atom is 0.150 e. The van der Waals surface area contributed by atoms with Crippen LogP contribution in [-0.2, 0) is 0 Å². The van der Waals surface area contributed by atoms with Crippen molar-refractivity contribution in [1.82, 2.24) is 0 Å². The highest BCUT2D eigenvalue weighted by atomic mass is 19.1. The lowest BCUT2D eigenvalue weighted by Gasteiger charge is -1.94. The number of carbonyl (C=O) groups excluding carboxylic acids is 1. The molecule has 0 aliphatic carbocycles. The molecule has 0 heterocycles. The minimum Gasteiger partial charge on any atom is -0.308 e. The van der Waals surface area contributed by atoms with Crippen molar-refractivity contribution in [3.8, 4) is 0 Å². The van der Waals surface area contributed by atoms with Gasteiger partial charge in [0.05, 0.1) is 0 Å². The van der Waals surface area contributed by atoms with E-state index in [-0.39, 0.29) is 13.0 Å². The van der Waals surface area contributed by atoms with Gasteiger partial charge in [-0.2, -0.15) is 0 Å². The zero-order valence-electron chi connectivity index (χ0n) is 5.67. The molecule has 2 nitrogen and oxygen atoms in total. The second kappa shape index (κ2) is 4.38. The Morgan fingerprint density at radius 3 is 2.58 bits per heavy atom. The van der Waals surface area contributed by atoms with Crippen molar-refractivity contribution in [2.75, 3.05) is 0 Å². The maximum absolute atomic E-state index is 12.6. The molecule has 0 aliphatic rings. The molecular formula is C9H10FNO. The fraction of sp³-hybridized carbons (Fsp3) is 0.111. The van der Waals surface area contributed by atoms with Crippen molar-refractivity contribution >= 4 is 12.5 Å². The largest absolute Gasteiger partial charge is 0.308 e. The number of rotatable bonds is 2. The lowest BCUT2D eigenvalue weighted by Crippen LogP contribution is -1.89. The van der Waals surface area contributed by atoms with E-state index in [1.165, 1.54) is 18.2 Å². The molecule has 3 heteroatoms. The average molecular weight is 167 g/mol. The first-order valence-electron chi connectivity index (χ1n) is 3.03. The van der Waals surface area contributed by atoms with Crippen LogP contribution in [-0.4, -0.2) is 12.5 Å². The van der Waals surface area contributed by atoms with E-state index in [1.54, 1.807) is 0 Å². The summed E-state index contributed by atoms with van der Waals surface area (Å²) in [6.07, 6.45) is 1.49. The molecule has 1 aromatic rings. The molecule has 0 unspecified atom stereocenters. The average Bonchev–Trinajstić information content (AvgIpc) is 2.05. The third kappa shape index (κ3) is 1.99. The summed E-state index contributed by atoms with van der Waals surface area (Å²) in [5.41, 5.74) is 0.513. The molecule has 0 spiro atoms. The second-order valence-electron chi connectivity index (χ2n) is 2.04. The smallest absolute Gasteiger partial charge is 0.150 e. The molecule has 0 fully saturated rings. The van der Waals surface area contributed by atoms with Crippen LogP contribution in [0.4, 0.5) is 4.39 Å². The Morgan fingerprint density at radius 1 is 1.42 bits per heavy atom. The summed E-state index contributed by atoms with van der Waals surface area (Å²) in [5, 5.41) is 6.78. The Hall–Kier alpha value is -1.51. The summed E-state index contributed by atoms with van der Waals surface area (Å²) in [6, 6.07) is 3.87. The SMILES string of the molecule is C.N=Cc1cc(C=O)ccc1F. The van der Waals surface area contributed by atoms with E-state index >= 15 is 0 Å². The van der Waals surface area contributed by atoms with Crippen LogP contribution in [0, 0.1) is 11.2 Å². The molecule has 0 aliphatic heterocycles. The van der Waals surface area contributed by atoms with Crippen molar-refractivity contribution in [1.29, 1.82) is 5.41 Å². The van der Waals surface area contributed by atoms with Crippen molar-refractivity contribution in [2.45, 2.75) is 7.43 Å². The van der Waals surface area contributed by atoms with Crippen molar-refractivity contribution < 1.29 is 9.18 Å². The van der Waals surface area contributed by atoms with Gasteiger partial charge in [-0.25, -0.2) is 4.39 Å². The summed E-state index contributed by atoms with van der Waals surface area (Å²) in [5.74, 6) is -0.481. The van der Waals surface area contributed by atoms with Gasteiger partial charge in [0.15, 0.2) is 0 Å². The Labute approximate surface area is 70.5 Å². The van der Waals surface area contributed by atoms with Gasteiger partial charge < -0.3 is 5.41 Å². The first kappa shape index (κ1) is 10.5. The molecule has 1 aromatic carbocycles. The number of hydrogen-bond acceptors (Lipinski definition) is 2. The van der Waals surface area contributed by atoms with E-state index in [0.717, 1.165) is 6.21 Å². The highest BCUT2D eigenvalue weighted by Gasteiger charge is 1.98. The summed E-state index contributed by atoms with van der Waals surface area (Å²) in [6.45, 7) is 0. The Morgan fingerprint density at radius 2 is 2.08 bits per heavy atom. The molecule has 12 heavy (non-hydrogen) atoms. The molecular weight excluding hydrogens is 157 g/mol. The maximum atomic E-state index is 12.6. The molecule has 0 atom stereocenters. The summed E-state index contributed by atoms with van der Waals surface area (Å²) < 4.78 is 12.6. The van der Waals surface area contributed by atoms with Gasteiger partial charge in [-0.3, -0.25) is 4.79 Å². The molecule has 0 saturated heterocycles. The van der Waals surface area contributed by atoms with Crippen LogP contribution in [0.1, 0.15) is 23.3 Å². The van der Waals surface area contributed by atoms with Gasteiger partial charge in [0, 0.05) is 17.3 Å². The molecule has 1 N–H and O–H groups in total. The number of hydrogen-bond donors (Lipinski definition) is 1. The van der Waals surface area contributed by atoms with Gasteiger partial charge in [-0.05, 0) is 18.2 Å². The molecule has 0 radical (unpaired) electrons. The number of carbonyl (C=O) groups is 1. The van der Waals surface area contributed by atoms with E-state index in [4.69, 9.17) is 5.41 Å². The van der Waals surface area contributed by atoms with Gasteiger partial charge in [-0.1, -0.05) is 7.43 Å². The van der Waals surface area contributed by atoms with E-state index in [2.05, 4.69) is 0 Å². The van der Waals surface area contributed by atoms with Crippen LogP contribution in [0.15, 0.2) is 18.2 Å². The van der Waals surface area contributed by atoms with E-state index in [1.807, 2.05) is 0 Å². The summed E-state index contributed by atoms with van der Waals surface area (Å²) >= 11 is 0. The lowest BCUT2D eigenvalue weighted by molar-refractivity contribution is 0.112. The molecule has 64 valence electrons. The number of halogens is 1. The van der Waals surface area contributed by atoms with Crippen molar-refractivity contribution in [3.63, 3.8) is 0 Å². The van der Waals surface area contributed by atoms with Gasteiger partial charge in [-0.15, -0.1) is 0 Å². The van der Waals surface area contributed by atoms with Gasteiger partial charge >= 0.3 is 0 Å². The number of nitrogens with one attached hydrogen (secondary N) is 1. The second-order valence-corrected chi connectivity index (χ2v) is 2.04. The summed E-state index contributed by atoms with van der Waals surface area (Å²) in [7, 11) is 0. The van der Waals surface area contributed by atoms with Crippen molar-refractivity contribution in [2.24, 2.45) is 0 Å². The van der Waals surface area contributed by atoms with Crippen LogP contribution in [0.3, 0.4) is 0 Å². The Bertz CT molecular complexity index is 297. The molecule has 0 aromatic heterocycles. The standard InChI is InChI=1S/C8H6FNO.CH4/c9-8-2-1-6(5-11)3-7(8)4-10;/h1-5,10H;1H4.